The first-order valence-corrected chi connectivity index (χ1v) is 18.4. The first-order chi connectivity index (χ1) is 22.4. The lowest BCUT2D eigenvalue weighted by Gasteiger charge is -2.48. The third kappa shape index (κ3) is 4.52. The van der Waals surface area contributed by atoms with Crippen molar-refractivity contribution in [2.45, 2.75) is 111 Å². The molecule has 0 bridgehead atoms. The number of benzene rings is 4. The largest absolute Gasteiger partial charge is 0.422 e. The van der Waals surface area contributed by atoms with Crippen molar-refractivity contribution in [3.05, 3.63) is 80.7 Å². The summed E-state index contributed by atoms with van der Waals surface area (Å²) in [4.78, 5) is 22.1. The van der Waals surface area contributed by atoms with Gasteiger partial charge in [-0.05, 0) is 92.7 Å². The van der Waals surface area contributed by atoms with Crippen LogP contribution in [0, 0.1) is 6.92 Å². The molecule has 0 atom stereocenters. The zero-order valence-electron chi connectivity index (χ0n) is 30.5. The minimum Gasteiger partial charge on any atom is -0.422 e. The summed E-state index contributed by atoms with van der Waals surface area (Å²) in [6.45, 7) is 27.1. The van der Waals surface area contributed by atoms with Crippen LogP contribution in [-0.2, 0) is 21.7 Å². The van der Waals surface area contributed by atoms with Crippen molar-refractivity contribution >= 4 is 59.8 Å². The van der Waals surface area contributed by atoms with Gasteiger partial charge in [-0.2, -0.15) is 0 Å². The van der Waals surface area contributed by atoms with E-state index in [4.69, 9.17) is 9.40 Å². The summed E-state index contributed by atoms with van der Waals surface area (Å²) in [6, 6.07) is 16.1. The Morgan fingerprint density at radius 2 is 1.35 bits per heavy atom. The van der Waals surface area contributed by atoms with Gasteiger partial charge in [-0.1, -0.05) is 93.5 Å². The van der Waals surface area contributed by atoms with Crippen molar-refractivity contribution in [2.75, 3.05) is 18.0 Å². The predicted molar refractivity (Wildman–Crippen MR) is 206 cm³/mol. The van der Waals surface area contributed by atoms with Crippen molar-refractivity contribution in [1.29, 1.82) is 0 Å². The van der Waals surface area contributed by atoms with E-state index < -0.39 is 0 Å². The van der Waals surface area contributed by atoms with Gasteiger partial charge in [-0.15, -0.1) is 11.3 Å². The molecule has 2 aliphatic rings. The van der Waals surface area contributed by atoms with Crippen LogP contribution >= 0.6 is 11.3 Å². The Hall–Kier alpha value is -3.70. The molecule has 0 spiro atoms. The Morgan fingerprint density at radius 1 is 0.771 bits per heavy atom. The zero-order valence-corrected chi connectivity index (χ0v) is 31.3. The summed E-state index contributed by atoms with van der Waals surface area (Å²) < 4.78 is 7.58. The fourth-order valence-electron chi connectivity index (χ4n) is 8.28. The molecule has 4 nitrogen and oxygen atoms in total. The molecular weight excluding hydrogens is 609 g/mol. The average Bonchev–Trinajstić information content (AvgIpc) is 3.43. The average molecular weight is 657 g/mol. The summed E-state index contributed by atoms with van der Waals surface area (Å²) in [5, 5.41) is 6.55. The highest BCUT2D eigenvalue weighted by Crippen LogP contribution is 2.53. The molecular formula is C43H48N2O2S. The lowest BCUT2D eigenvalue weighted by molar-refractivity contribution is 0.398. The molecule has 0 saturated heterocycles. The first-order valence-electron chi connectivity index (χ1n) is 17.6. The zero-order chi connectivity index (χ0) is 34.3. The minimum atomic E-state index is -0.295. The van der Waals surface area contributed by atoms with Gasteiger partial charge in [0.15, 0.2) is 0 Å². The van der Waals surface area contributed by atoms with Gasteiger partial charge in [0.1, 0.15) is 10.6 Å². The molecule has 4 heterocycles. The first kappa shape index (κ1) is 31.6. The van der Waals surface area contributed by atoms with E-state index in [0.717, 1.165) is 63.1 Å². The van der Waals surface area contributed by atoms with Crippen LogP contribution in [-0.4, -0.2) is 18.1 Å². The number of rotatable bonds is 1. The molecule has 0 aliphatic carbocycles. The molecule has 248 valence electrons. The van der Waals surface area contributed by atoms with E-state index in [2.05, 4.69) is 124 Å². The summed E-state index contributed by atoms with van der Waals surface area (Å²) in [5.41, 5.74) is 9.45. The van der Waals surface area contributed by atoms with Gasteiger partial charge in [-0.25, -0.2) is 9.78 Å². The van der Waals surface area contributed by atoms with E-state index >= 15 is 0 Å². The van der Waals surface area contributed by atoms with Crippen LogP contribution in [0.3, 0.4) is 0 Å². The van der Waals surface area contributed by atoms with Crippen LogP contribution in [0.25, 0.3) is 53.3 Å². The SMILES string of the molecule is Cc1c(-c2nc3c4ccc(C(C)(C)C)cc4c4cc(C(C)(C)C)ccc4c3s2)c(=O)oc2c3c4c(cc12)C(C)(C)CCN4CCC3(C)C. The maximum absolute atomic E-state index is 14.2. The molecule has 4 aromatic carbocycles. The highest BCUT2D eigenvalue weighted by molar-refractivity contribution is 7.22. The Bertz CT molecular complexity index is 2320. The summed E-state index contributed by atoms with van der Waals surface area (Å²) in [5.74, 6) is 0. The van der Waals surface area contributed by atoms with Crippen LogP contribution in [0.1, 0.15) is 110 Å². The molecule has 48 heavy (non-hydrogen) atoms. The molecule has 0 saturated carbocycles. The van der Waals surface area contributed by atoms with E-state index in [1.54, 1.807) is 11.3 Å². The molecule has 8 rings (SSSR count). The second-order valence-electron chi connectivity index (χ2n) is 17.9. The molecule has 0 unspecified atom stereocenters. The Morgan fingerprint density at radius 3 is 1.98 bits per heavy atom. The third-order valence-corrected chi connectivity index (χ3v) is 12.7. The maximum atomic E-state index is 14.2. The fourth-order valence-corrected chi connectivity index (χ4v) is 9.49. The van der Waals surface area contributed by atoms with Gasteiger partial charge in [0.05, 0.1) is 15.8 Å². The smallest absolute Gasteiger partial charge is 0.346 e. The van der Waals surface area contributed by atoms with Crippen molar-refractivity contribution in [3.63, 3.8) is 0 Å². The fraction of sp³-hybridized carbons (Fsp3) is 0.442. The summed E-state index contributed by atoms with van der Waals surface area (Å²) in [7, 11) is 0. The maximum Gasteiger partial charge on any atom is 0.346 e. The van der Waals surface area contributed by atoms with Crippen molar-refractivity contribution in [1.82, 2.24) is 4.98 Å². The standard InChI is InChI=1S/C43H48N2O2S/c1-23-28-22-31-35-33(43(10,11)17-19-45(35)18-16-42(31,8)9)36(28)47-39(46)32(23)38-44-34-26-14-12-24(40(2,3)4)20-29(26)30-21-25(41(5,6)7)13-15-27(30)37(34)48-38/h12-15,20-22H,16-19H2,1-11H3. The van der Waals surface area contributed by atoms with E-state index in [-0.39, 0.29) is 27.3 Å². The summed E-state index contributed by atoms with van der Waals surface area (Å²) in [6.07, 6.45) is 2.15. The van der Waals surface area contributed by atoms with Crippen LogP contribution < -0.4 is 10.5 Å². The van der Waals surface area contributed by atoms with Gasteiger partial charge in [-0.3, -0.25) is 0 Å². The van der Waals surface area contributed by atoms with Crippen molar-refractivity contribution in [3.8, 4) is 10.6 Å². The minimum absolute atomic E-state index is 0.0181. The Labute approximate surface area is 288 Å². The topological polar surface area (TPSA) is 46.3 Å². The van der Waals surface area contributed by atoms with Crippen LogP contribution in [0.2, 0.25) is 0 Å². The summed E-state index contributed by atoms with van der Waals surface area (Å²) >= 11 is 1.63. The molecule has 2 aliphatic heterocycles. The predicted octanol–water partition coefficient (Wildman–Crippen LogP) is 11.4. The Kier molecular flexibility index (Phi) is 6.53. The molecule has 2 aromatic heterocycles. The molecule has 0 amide bonds. The molecule has 5 heteroatoms. The van der Waals surface area contributed by atoms with E-state index in [0.29, 0.717) is 5.56 Å². The van der Waals surface area contributed by atoms with Gasteiger partial charge >= 0.3 is 5.63 Å². The van der Waals surface area contributed by atoms with E-state index in [1.165, 1.54) is 44.1 Å². The van der Waals surface area contributed by atoms with E-state index in [9.17, 15) is 4.79 Å². The molecule has 0 N–H and O–H groups in total. The highest BCUT2D eigenvalue weighted by atomic mass is 32.1. The van der Waals surface area contributed by atoms with Gasteiger partial charge in [0.2, 0.25) is 0 Å². The molecule has 0 fully saturated rings. The van der Waals surface area contributed by atoms with Crippen LogP contribution in [0.15, 0.2) is 51.7 Å². The number of nitrogens with zero attached hydrogens (tertiary/aromatic N) is 2. The lowest BCUT2D eigenvalue weighted by Crippen LogP contribution is -2.44. The number of aromatic nitrogens is 1. The van der Waals surface area contributed by atoms with E-state index in [1.807, 2.05) is 0 Å². The number of aryl methyl sites for hydroxylation is 1. The second kappa shape index (κ2) is 9.94. The monoisotopic (exact) mass is 656 g/mol. The number of thiazole rings is 1. The molecule has 0 radical (unpaired) electrons. The molecule has 6 aromatic rings. The third-order valence-electron chi connectivity index (χ3n) is 11.6. The lowest BCUT2D eigenvalue weighted by atomic mass is 9.69. The number of hydrogen-bond donors (Lipinski definition) is 0. The normalized spacial score (nSPS) is 17.5. The van der Waals surface area contributed by atoms with Gasteiger partial charge in [0, 0.05) is 40.5 Å². The van der Waals surface area contributed by atoms with Crippen molar-refractivity contribution < 1.29 is 4.42 Å². The second-order valence-corrected chi connectivity index (χ2v) is 18.9. The number of fused-ring (bicyclic) bond motifs is 8. The van der Waals surface area contributed by atoms with Gasteiger partial charge < -0.3 is 9.32 Å². The van der Waals surface area contributed by atoms with Gasteiger partial charge in [0.25, 0.3) is 0 Å². The number of hydrogen-bond acceptors (Lipinski definition) is 5. The van der Waals surface area contributed by atoms with Crippen LogP contribution in [0.4, 0.5) is 5.69 Å². The quantitative estimate of drug-likeness (QED) is 0.130. The van der Waals surface area contributed by atoms with Crippen LogP contribution in [0.5, 0.6) is 0 Å². The highest BCUT2D eigenvalue weighted by Gasteiger charge is 2.42. The Balaban J connectivity index is 1.44. The number of anilines is 1. The van der Waals surface area contributed by atoms with Crippen molar-refractivity contribution in [2.24, 2.45) is 0 Å².